The number of ether oxygens (including phenoxy) is 2. The lowest BCUT2D eigenvalue weighted by Crippen LogP contribution is -2.55. The zero-order valence-electron chi connectivity index (χ0n) is 16.0. The lowest BCUT2D eigenvalue weighted by atomic mass is 9.99. The average Bonchev–Trinajstić information content (AvgIpc) is 3.17. The van der Waals surface area contributed by atoms with Gasteiger partial charge in [0.1, 0.15) is 5.75 Å². The number of fused-ring (bicyclic) bond motifs is 1. The van der Waals surface area contributed by atoms with E-state index in [0.717, 1.165) is 38.1 Å². The molecule has 0 radical (unpaired) electrons. The van der Waals surface area contributed by atoms with Crippen LogP contribution in [0.5, 0.6) is 5.75 Å². The second-order valence-corrected chi connectivity index (χ2v) is 8.32. The molecule has 1 unspecified atom stereocenters. The van der Waals surface area contributed by atoms with E-state index >= 15 is 0 Å². The molecule has 0 spiro atoms. The third-order valence-corrected chi connectivity index (χ3v) is 6.25. The van der Waals surface area contributed by atoms with E-state index in [-0.39, 0.29) is 18.1 Å². The first-order valence-electron chi connectivity index (χ1n) is 10.1. The van der Waals surface area contributed by atoms with Crippen molar-refractivity contribution < 1.29 is 19.4 Å². The van der Waals surface area contributed by atoms with Crippen molar-refractivity contribution in [3.63, 3.8) is 0 Å². The highest BCUT2D eigenvalue weighted by atomic mass is 35.5. The molecule has 1 aromatic rings. The summed E-state index contributed by atoms with van der Waals surface area (Å²) >= 11 is 6.20. The summed E-state index contributed by atoms with van der Waals surface area (Å²) in [6, 6.07) is 1.25. The maximum absolute atomic E-state index is 12.8. The number of nitrogens with one attached hydrogen (secondary N) is 1. The smallest absolute Gasteiger partial charge is 0.255 e. The van der Waals surface area contributed by atoms with Crippen molar-refractivity contribution in [1.29, 1.82) is 0 Å². The largest absolute Gasteiger partial charge is 0.492 e. The van der Waals surface area contributed by atoms with Crippen LogP contribution in [0.2, 0.25) is 5.02 Å². The summed E-state index contributed by atoms with van der Waals surface area (Å²) in [4.78, 5) is 15.1. The molecule has 28 heavy (non-hydrogen) atoms. The van der Waals surface area contributed by atoms with Gasteiger partial charge in [-0.15, -0.1) is 0 Å². The molecular weight excluding hydrogens is 382 g/mol. The molecule has 1 amide bonds. The highest BCUT2D eigenvalue weighted by Gasteiger charge is 2.32. The van der Waals surface area contributed by atoms with Crippen LogP contribution in [-0.4, -0.2) is 67.0 Å². The molecule has 7 nitrogen and oxygen atoms in total. The van der Waals surface area contributed by atoms with Crippen LogP contribution < -0.4 is 15.8 Å². The van der Waals surface area contributed by atoms with E-state index < -0.39 is 6.10 Å². The molecule has 8 heteroatoms. The van der Waals surface area contributed by atoms with Crippen LogP contribution in [-0.2, 0) is 11.2 Å². The van der Waals surface area contributed by atoms with Gasteiger partial charge in [-0.25, -0.2) is 0 Å². The number of carbonyl (C=O) groups is 1. The van der Waals surface area contributed by atoms with Crippen LogP contribution in [0.15, 0.2) is 6.07 Å². The van der Waals surface area contributed by atoms with E-state index in [9.17, 15) is 9.90 Å². The highest BCUT2D eigenvalue weighted by molar-refractivity contribution is 6.33. The summed E-state index contributed by atoms with van der Waals surface area (Å²) in [5.74, 6) is 0.230. The molecule has 0 aliphatic carbocycles. The summed E-state index contributed by atoms with van der Waals surface area (Å²) in [6.45, 7) is 3.51. The molecule has 1 aromatic carbocycles. The molecule has 0 saturated carbocycles. The van der Waals surface area contributed by atoms with Gasteiger partial charge in [0.2, 0.25) is 0 Å². The average molecular weight is 410 g/mol. The molecule has 3 heterocycles. The van der Waals surface area contributed by atoms with Crippen LogP contribution >= 0.6 is 11.6 Å². The zero-order chi connectivity index (χ0) is 19.7. The van der Waals surface area contributed by atoms with Crippen molar-refractivity contribution in [3.05, 3.63) is 22.2 Å². The predicted molar refractivity (Wildman–Crippen MR) is 107 cm³/mol. The van der Waals surface area contributed by atoms with Crippen LogP contribution in [0, 0.1) is 0 Å². The number of halogens is 1. The lowest BCUT2D eigenvalue weighted by molar-refractivity contribution is -0.0278. The number of nitrogen functional groups attached to an aromatic ring is 1. The first-order chi connectivity index (χ1) is 13.5. The first kappa shape index (κ1) is 19.8. The molecule has 154 valence electrons. The van der Waals surface area contributed by atoms with E-state index in [4.69, 9.17) is 26.8 Å². The Labute approximate surface area is 170 Å². The number of β-amino-alcohol motifs (C(OH)–C–C–N with tert-alkyl or cyclic N) is 1. The lowest BCUT2D eigenvalue weighted by Gasteiger charge is -2.38. The third-order valence-electron chi connectivity index (χ3n) is 5.93. The Bertz CT molecular complexity index is 739. The number of nitrogens with two attached hydrogens (primary N) is 1. The van der Waals surface area contributed by atoms with E-state index in [1.54, 1.807) is 6.07 Å². The van der Waals surface area contributed by atoms with E-state index in [1.165, 1.54) is 6.42 Å². The van der Waals surface area contributed by atoms with Crippen LogP contribution in [0.3, 0.4) is 0 Å². The topological polar surface area (TPSA) is 97.1 Å². The molecular formula is C20H28ClN3O4. The number of hydrogen-bond acceptors (Lipinski definition) is 6. The standard InChI is InChI=1S/C20H28ClN3O4/c21-15-9-14(19-13(18(15)22)5-8-28-19)20(26)23-16-4-6-24(11-17(16)25)10-12-3-1-2-7-27-12/h9,12,16-17,25H,1-8,10-11,22H2,(H,23,26)/t12?,16-,17-/m1/s1. The van der Waals surface area contributed by atoms with Gasteiger partial charge in [-0.2, -0.15) is 0 Å². The second-order valence-electron chi connectivity index (χ2n) is 7.91. The van der Waals surface area contributed by atoms with Gasteiger partial charge in [0.05, 0.1) is 41.1 Å². The van der Waals surface area contributed by atoms with E-state index in [2.05, 4.69) is 10.2 Å². The van der Waals surface area contributed by atoms with Gasteiger partial charge in [-0.1, -0.05) is 11.6 Å². The Balaban J connectivity index is 1.37. The van der Waals surface area contributed by atoms with Crippen molar-refractivity contribution in [2.24, 2.45) is 0 Å². The van der Waals surface area contributed by atoms with E-state index in [1.807, 2.05) is 0 Å². The van der Waals surface area contributed by atoms with Gasteiger partial charge in [0.15, 0.2) is 0 Å². The SMILES string of the molecule is Nc1c(Cl)cc(C(=O)N[C@@H]2CCN(CC3CCCCO3)C[C@H]2O)c2c1CCO2. The summed E-state index contributed by atoms with van der Waals surface area (Å²) in [5, 5.41) is 13.9. The van der Waals surface area contributed by atoms with E-state index in [0.29, 0.717) is 48.0 Å². The molecule has 3 atom stereocenters. The maximum Gasteiger partial charge on any atom is 0.255 e. The monoisotopic (exact) mass is 409 g/mol. The Kier molecular flexibility index (Phi) is 5.96. The second kappa shape index (κ2) is 8.45. The van der Waals surface area contributed by atoms with Crippen LogP contribution in [0.1, 0.15) is 41.6 Å². The highest BCUT2D eigenvalue weighted by Crippen LogP contribution is 2.38. The number of anilines is 1. The van der Waals surface area contributed by atoms with Gasteiger partial charge in [-0.05, 0) is 31.7 Å². The first-order valence-corrected chi connectivity index (χ1v) is 10.5. The van der Waals surface area contributed by atoms with Crippen molar-refractivity contribution in [1.82, 2.24) is 10.2 Å². The number of rotatable bonds is 4. The quantitative estimate of drug-likeness (QED) is 0.653. The summed E-state index contributed by atoms with van der Waals surface area (Å²) in [5.41, 5.74) is 7.66. The fraction of sp³-hybridized carbons (Fsp3) is 0.650. The molecule has 3 aliphatic heterocycles. The van der Waals surface area contributed by atoms with Gasteiger partial charge in [0.25, 0.3) is 5.91 Å². The van der Waals surface area contributed by atoms with Crippen molar-refractivity contribution in [2.45, 2.75) is 50.4 Å². The number of amides is 1. The number of hydrogen-bond donors (Lipinski definition) is 3. The third kappa shape index (κ3) is 4.08. The van der Waals surface area contributed by atoms with Gasteiger partial charge >= 0.3 is 0 Å². The molecule has 2 fully saturated rings. The molecule has 0 aromatic heterocycles. The van der Waals surface area contributed by atoms with Crippen LogP contribution in [0.4, 0.5) is 5.69 Å². The number of likely N-dealkylation sites (tertiary alicyclic amines) is 1. The summed E-state index contributed by atoms with van der Waals surface area (Å²) in [6.07, 6.45) is 4.38. The Hall–Kier alpha value is -1.54. The zero-order valence-corrected chi connectivity index (χ0v) is 16.7. The van der Waals surface area contributed by atoms with Crippen molar-refractivity contribution in [3.8, 4) is 5.75 Å². The van der Waals surface area contributed by atoms with Crippen LogP contribution in [0.25, 0.3) is 0 Å². The molecule has 3 aliphatic rings. The van der Waals surface area contributed by atoms with Crippen molar-refractivity contribution in [2.75, 3.05) is 38.6 Å². The Morgan fingerprint density at radius 2 is 2.21 bits per heavy atom. The molecule has 4 rings (SSSR count). The number of piperidine rings is 1. The Morgan fingerprint density at radius 3 is 2.96 bits per heavy atom. The number of benzene rings is 1. The number of nitrogens with zero attached hydrogens (tertiary/aromatic N) is 1. The van der Waals surface area contributed by atoms with Crippen molar-refractivity contribution >= 4 is 23.2 Å². The molecule has 0 bridgehead atoms. The van der Waals surface area contributed by atoms with Gasteiger partial charge in [-0.3, -0.25) is 9.69 Å². The minimum atomic E-state index is -0.625. The predicted octanol–water partition coefficient (Wildman–Crippen LogP) is 1.59. The summed E-state index contributed by atoms with van der Waals surface area (Å²) in [7, 11) is 0. The van der Waals surface area contributed by atoms with Gasteiger partial charge in [0, 0.05) is 38.2 Å². The normalized spacial score (nSPS) is 27.9. The maximum atomic E-state index is 12.8. The minimum Gasteiger partial charge on any atom is -0.492 e. The fourth-order valence-electron chi connectivity index (χ4n) is 4.35. The number of aliphatic hydroxyl groups excluding tert-OH is 1. The van der Waals surface area contributed by atoms with Gasteiger partial charge < -0.3 is 25.6 Å². The molecule has 4 N–H and O–H groups in total. The number of aliphatic hydroxyl groups is 1. The Morgan fingerprint density at radius 1 is 1.36 bits per heavy atom. The molecule has 2 saturated heterocycles. The number of carbonyl (C=O) groups excluding carboxylic acids is 1. The fourth-order valence-corrected chi connectivity index (χ4v) is 4.58. The summed E-state index contributed by atoms with van der Waals surface area (Å²) < 4.78 is 11.4. The minimum absolute atomic E-state index is 0.253.